The SMILES string of the molecule is COc1cccc(-c2nn(-c3ccccc3)cc2C(=O)NCC(N)C2CC2)c1. The quantitative estimate of drug-likeness (QED) is 0.664. The number of carbonyl (C=O) groups excluding carboxylic acids is 1. The summed E-state index contributed by atoms with van der Waals surface area (Å²) in [4.78, 5) is 12.9. The Labute approximate surface area is 164 Å². The van der Waals surface area contributed by atoms with E-state index in [0.29, 0.717) is 29.5 Å². The van der Waals surface area contributed by atoms with Crippen molar-refractivity contribution >= 4 is 5.91 Å². The van der Waals surface area contributed by atoms with Crippen LogP contribution in [-0.4, -0.2) is 35.4 Å². The number of hydrogen-bond acceptors (Lipinski definition) is 4. The molecular formula is C22H24N4O2. The highest BCUT2D eigenvalue weighted by atomic mass is 16.5. The van der Waals surface area contributed by atoms with Crippen molar-refractivity contribution < 1.29 is 9.53 Å². The van der Waals surface area contributed by atoms with Crippen LogP contribution in [0.4, 0.5) is 0 Å². The molecule has 28 heavy (non-hydrogen) atoms. The Morgan fingerprint density at radius 3 is 2.75 bits per heavy atom. The van der Waals surface area contributed by atoms with Crippen molar-refractivity contribution in [3.05, 3.63) is 66.4 Å². The summed E-state index contributed by atoms with van der Waals surface area (Å²) in [6.45, 7) is 0.470. The molecule has 0 bridgehead atoms. The van der Waals surface area contributed by atoms with Gasteiger partial charge in [-0.05, 0) is 43.0 Å². The second kappa shape index (κ2) is 7.86. The fourth-order valence-electron chi connectivity index (χ4n) is 3.23. The fraction of sp³-hybridized carbons (Fsp3) is 0.273. The molecule has 0 radical (unpaired) electrons. The van der Waals surface area contributed by atoms with E-state index in [-0.39, 0.29) is 11.9 Å². The van der Waals surface area contributed by atoms with Crippen molar-refractivity contribution in [3.8, 4) is 22.7 Å². The molecule has 1 aromatic heterocycles. The molecule has 0 spiro atoms. The summed E-state index contributed by atoms with van der Waals surface area (Å²) < 4.78 is 7.06. The summed E-state index contributed by atoms with van der Waals surface area (Å²) in [6, 6.07) is 17.3. The number of para-hydroxylation sites is 1. The van der Waals surface area contributed by atoms with Gasteiger partial charge in [-0.1, -0.05) is 30.3 Å². The smallest absolute Gasteiger partial charge is 0.255 e. The number of methoxy groups -OCH3 is 1. The van der Waals surface area contributed by atoms with Crippen LogP contribution in [0.5, 0.6) is 5.75 Å². The summed E-state index contributed by atoms with van der Waals surface area (Å²) in [5.74, 6) is 1.08. The molecule has 3 aromatic rings. The Morgan fingerprint density at radius 1 is 1.25 bits per heavy atom. The van der Waals surface area contributed by atoms with E-state index < -0.39 is 0 Å². The number of rotatable bonds is 7. The van der Waals surface area contributed by atoms with Gasteiger partial charge in [-0.2, -0.15) is 5.10 Å². The first-order chi connectivity index (χ1) is 13.7. The average Bonchev–Trinajstić information content (AvgIpc) is 3.50. The molecule has 1 fully saturated rings. The minimum Gasteiger partial charge on any atom is -0.497 e. The Kier molecular flexibility index (Phi) is 5.12. The van der Waals surface area contributed by atoms with E-state index in [9.17, 15) is 4.79 Å². The summed E-state index contributed by atoms with van der Waals surface area (Å²) in [5, 5.41) is 7.67. The number of hydrogen-bond donors (Lipinski definition) is 2. The Morgan fingerprint density at radius 2 is 2.04 bits per heavy atom. The molecule has 6 heteroatoms. The third kappa shape index (κ3) is 3.92. The zero-order valence-corrected chi connectivity index (χ0v) is 15.8. The van der Waals surface area contributed by atoms with E-state index >= 15 is 0 Å². The van der Waals surface area contributed by atoms with Crippen LogP contribution >= 0.6 is 0 Å². The van der Waals surface area contributed by atoms with Crippen LogP contribution in [0.25, 0.3) is 16.9 Å². The number of nitrogens with zero attached hydrogens (tertiary/aromatic N) is 2. The standard InChI is InChI=1S/C22H24N4O2/c1-28-18-9-5-6-16(12-18)21-19(22(27)24-13-20(23)15-10-11-15)14-26(25-21)17-7-3-2-4-8-17/h2-9,12,14-15,20H,10-11,13,23H2,1H3,(H,24,27). The first-order valence-electron chi connectivity index (χ1n) is 9.49. The van der Waals surface area contributed by atoms with Crippen molar-refractivity contribution in [3.63, 3.8) is 0 Å². The summed E-state index contributed by atoms with van der Waals surface area (Å²) in [6.07, 6.45) is 4.07. The molecule has 1 amide bonds. The van der Waals surface area contributed by atoms with Gasteiger partial charge in [0.05, 0.1) is 18.4 Å². The molecule has 1 unspecified atom stereocenters. The second-order valence-corrected chi connectivity index (χ2v) is 7.11. The summed E-state index contributed by atoms with van der Waals surface area (Å²) >= 11 is 0. The monoisotopic (exact) mass is 376 g/mol. The highest BCUT2D eigenvalue weighted by molar-refractivity contribution is 6.00. The Bertz CT molecular complexity index is 964. The van der Waals surface area contributed by atoms with Crippen LogP contribution in [0.1, 0.15) is 23.2 Å². The molecule has 144 valence electrons. The van der Waals surface area contributed by atoms with Crippen molar-refractivity contribution in [2.45, 2.75) is 18.9 Å². The lowest BCUT2D eigenvalue weighted by Crippen LogP contribution is -2.38. The predicted octanol–water partition coefficient (Wildman–Crippen LogP) is 3.02. The Balaban J connectivity index is 1.67. The normalized spacial score (nSPS) is 14.5. The molecule has 1 aliphatic rings. The van der Waals surface area contributed by atoms with E-state index in [1.807, 2.05) is 54.6 Å². The number of benzene rings is 2. The summed E-state index contributed by atoms with van der Waals surface area (Å²) in [7, 11) is 1.62. The number of amides is 1. The van der Waals surface area contributed by atoms with Gasteiger partial charge in [0.15, 0.2) is 0 Å². The highest BCUT2D eigenvalue weighted by Crippen LogP contribution is 2.31. The number of aromatic nitrogens is 2. The molecule has 1 heterocycles. The fourth-order valence-corrected chi connectivity index (χ4v) is 3.23. The third-order valence-corrected chi connectivity index (χ3v) is 5.05. The van der Waals surface area contributed by atoms with Gasteiger partial charge in [0.2, 0.25) is 0 Å². The lowest BCUT2D eigenvalue weighted by molar-refractivity contribution is 0.0951. The molecule has 1 atom stereocenters. The highest BCUT2D eigenvalue weighted by Gasteiger charge is 2.29. The van der Waals surface area contributed by atoms with Gasteiger partial charge in [-0.25, -0.2) is 4.68 Å². The largest absolute Gasteiger partial charge is 0.497 e. The van der Waals surface area contributed by atoms with E-state index in [1.54, 1.807) is 18.0 Å². The third-order valence-electron chi connectivity index (χ3n) is 5.05. The van der Waals surface area contributed by atoms with Crippen molar-refractivity contribution in [2.24, 2.45) is 11.7 Å². The predicted molar refractivity (Wildman–Crippen MR) is 109 cm³/mol. The van der Waals surface area contributed by atoms with Gasteiger partial charge in [0, 0.05) is 24.3 Å². The maximum absolute atomic E-state index is 12.9. The van der Waals surface area contributed by atoms with Crippen LogP contribution < -0.4 is 15.8 Å². The zero-order valence-electron chi connectivity index (χ0n) is 15.8. The van der Waals surface area contributed by atoms with Crippen LogP contribution in [0.2, 0.25) is 0 Å². The van der Waals surface area contributed by atoms with Gasteiger partial charge in [-0.15, -0.1) is 0 Å². The molecule has 1 aliphatic carbocycles. The number of nitrogens with one attached hydrogen (secondary N) is 1. The molecule has 0 saturated heterocycles. The van der Waals surface area contributed by atoms with E-state index in [1.165, 1.54) is 0 Å². The molecule has 2 aromatic carbocycles. The minimum absolute atomic E-state index is 0.00777. The van der Waals surface area contributed by atoms with Gasteiger partial charge in [-0.3, -0.25) is 4.79 Å². The van der Waals surface area contributed by atoms with Crippen molar-refractivity contribution in [1.82, 2.24) is 15.1 Å². The number of ether oxygens (including phenoxy) is 1. The first-order valence-corrected chi connectivity index (χ1v) is 9.49. The lowest BCUT2D eigenvalue weighted by Gasteiger charge is -2.11. The zero-order chi connectivity index (χ0) is 19.5. The van der Waals surface area contributed by atoms with Crippen LogP contribution in [0.15, 0.2) is 60.8 Å². The number of carbonyl (C=O) groups is 1. The minimum atomic E-state index is -0.170. The maximum Gasteiger partial charge on any atom is 0.255 e. The Hall–Kier alpha value is -3.12. The van der Waals surface area contributed by atoms with E-state index in [0.717, 1.165) is 24.1 Å². The molecule has 6 nitrogen and oxygen atoms in total. The second-order valence-electron chi connectivity index (χ2n) is 7.11. The van der Waals surface area contributed by atoms with Crippen LogP contribution in [0, 0.1) is 5.92 Å². The molecule has 1 saturated carbocycles. The molecule has 4 rings (SSSR count). The van der Waals surface area contributed by atoms with Crippen LogP contribution in [-0.2, 0) is 0 Å². The van der Waals surface area contributed by atoms with Gasteiger partial charge >= 0.3 is 0 Å². The van der Waals surface area contributed by atoms with Crippen LogP contribution in [0.3, 0.4) is 0 Å². The molecule has 3 N–H and O–H groups in total. The lowest BCUT2D eigenvalue weighted by atomic mass is 10.1. The molecular weight excluding hydrogens is 352 g/mol. The van der Waals surface area contributed by atoms with Crippen molar-refractivity contribution in [2.75, 3.05) is 13.7 Å². The van der Waals surface area contributed by atoms with Crippen molar-refractivity contribution in [1.29, 1.82) is 0 Å². The topological polar surface area (TPSA) is 82.2 Å². The average molecular weight is 376 g/mol. The number of nitrogens with two attached hydrogens (primary N) is 1. The van der Waals surface area contributed by atoms with E-state index in [2.05, 4.69) is 5.32 Å². The molecule has 0 aliphatic heterocycles. The van der Waals surface area contributed by atoms with Gasteiger partial charge in [0.25, 0.3) is 5.91 Å². The van der Waals surface area contributed by atoms with E-state index in [4.69, 9.17) is 15.6 Å². The first kappa shape index (κ1) is 18.3. The summed E-state index contributed by atoms with van der Waals surface area (Å²) in [5.41, 5.74) is 8.98. The maximum atomic E-state index is 12.9. The van der Waals surface area contributed by atoms with Gasteiger partial charge in [0.1, 0.15) is 11.4 Å². The van der Waals surface area contributed by atoms with Gasteiger partial charge < -0.3 is 15.8 Å².